The maximum atomic E-state index is 10.8. The lowest BCUT2D eigenvalue weighted by molar-refractivity contribution is -0.109. The van der Waals surface area contributed by atoms with Crippen LogP contribution in [-0.4, -0.2) is 13.3 Å². The summed E-state index contributed by atoms with van der Waals surface area (Å²) in [7, 11) is -1.29. The Morgan fingerprint density at radius 1 is 1.25 bits per heavy atom. The van der Waals surface area contributed by atoms with Gasteiger partial charge in [-0.15, -0.1) is 0 Å². The Hall–Kier alpha value is 0.177. The minimum Gasteiger partial charge on any atom is -0.282 e. The lowest BCUT2D eigenvalue weighted by Crippen LogP contribution is -2.30. The fraction of sp³-hybridized carbons (Fsp3) is 0.889. The number of rotatable bonds is 6. The lowest BCUT2D eigenvalue weighted by Gasteiger charge is -2.24. The molecular weight excluding hydrogens is 188 g/mol. The molecule has 0 atom stereocenters. The molecule has 0 aromatic carbocycles. The second kappa shape index (κ2) is 5.76. The highest BCUT2D eigenvalue weighted by atomic mass is 35.5. The molecule has 0 aromatic rings. The van der Waals surface area contributed by atoms with Crippen molar-refractivity contribution in [3.05, 3.63) is 0 Å². The first-order chi connectivity index (χ1) is 5.54. The minimum absolute atomic E-state index is 0.133. The molecule has 0 amide bonds. The van der Waals surface area contributed by atoms with E-state index in [4.69, 9.17) is 11.6 Å². The first-order valence-electron chi connectivity index (χ1n) is 4.72. The zero-order valence-electron chi connectivity index (χ0n) is 8.32. The van der Waals surface area contributed by atoms with Crippen LogP contribution in [0.1, 0.15) is 26.7 Å². The monoisotopic (exact) mass is 206 g/mol. The summed E-state index contributed by atoms with van der Waals surface area (Å²) in [6.07, 6.45) is 2.37. The predicted octanol–water partition coefficient (Wildman–Crippen LogP) is 3.65. The van der Waals surface area contributed by atoms with Gasteiger partial charge >= 0.3 is 0 Å². The number of hydrogen-bond donors (Lipinski definition) is 0. The topological polar surface area (TPSA) is 17.1 Å². The van der Waals surface area contributed by atoms with Crippen molar-refractivity contribution in [2.75, 3.05) is 0 Å². The van der Waals surface area contributed by atoms with E-state index in [0.29, 0.717) is 6.04 Å². The van der Waals surface area contributed by atoms with E-state index in [1.54, 1.807) is 0 Å². The third kappa shape index (κ3) is 4.94. The van der Waals surface area contributed by atoms with Gasteiger partial charge in [-0.25, -0.2) is 0 Å². The molecule has 0 aliphatic rings. The Bertz CT molecular complexity index is 141. The van der Waals surface area contributed by atoms with E-state index >= 15 is 0 Å². The van der Waals surface area contributed by atoms with E-state index in [0.717, 1.165) is 0 Å². The molecule has 12 heavy (non-hydrogen) atoms. The zero-order valence-corrected chi connectivity index (χ0v) is 10.1. The highest BCUT2D eigenvalue weighted by Crippen LogP contribution is 2.25. The first kappa shape index (κ1) is 12.2. The van der Waals surface area contributed by atoms with Gasteiger partial charge in [-0.05, 0) is 11.6 Å². The zero-order chi connectivity index (χ0) is 9.61. The van der Waals surface area contributed by atoms with Gasteiger partial charge in [0.2, 0.25) is 5.24 Å². The van der Waals surface area contributed by atoms with Crippen LogP contribution in [-0.2, 0) is 4.79 Å². The van der Waals surface area contributed by atoms with E-state index in [9.17, 15) is 4.79 Å². The highest BCUT2D eigenvalue weighted by Gasteiger charge is 2.27. The van der Waals surface area contributed by atoms with Crippen LogP contribution < -0.4 is 0 Å². The molecule has 0 aromatic heterocycles. The summed E-state index contributed by atoms with van der Waals surface area (Å²) in [6.45, 7) is 6.65. The first-order valence-corrected chi connectivity index (χ1v) is 8.22. The second-order valence-electron chi connectivity index (χ2n) is 3.84. The smallest absolute Gasteiger partial charge is 0.218 e. The molecule has 3 heteroatoms. The number of hydrogen-bond acceptors (Lipinski definition) is 1. The van der Waals surface area contributed by atoms with Crippen LogP contribution in [0.5, 0.6) is 0 Å². The Balaban J connectivity index is 4.07. The van der Waals surface area contributed by atoms with E-state index in [1.807, 2.05) is 0 Å². The Morgan fingerprint density at radius 2 is 1.67 bits per heavy atom. The van der Waals surface area contributed by atoms with Gasteiger partial charge in [0.05, 0.1) is 8.07 Å². The van der Waals surface area contributed by atoms with Crippen molar-refractivity contribution < 1.29 is 4.79 Å². The molecule has 0 rings (SSSR count). The van der Waals surface area contributed by atoms with Crippen molar-refractivity contribution >= 4 is 24.9 Å². The van der Waals surface area contributed by atoms with Gasteiger partial charge in [0.15, 0.2) is 0 Å². The summed E-state index contributed by atoms with van der Waals surface area (Å²) in [4.78, 5) is 10.8. The van der Waals surface area contributed by atoms with Gasteiger partial charge in [-0.1, -0.05) is 45.3 Å². The maximum absolute atomic E-state index is 10.8. The van der Waals surface area contributed by atoms with Gasteiger partial charge in [0, 0.05) is 6.04 Å². The molecule has 0 radical (unpaired) electrons. The van der Waals surface area contributed by atoms with Crippen molar-refractivity contribution in [1.82, 2.24) is 0 Å². The minimum atomic E-state index is -1.29. The van der Waals surface area contributed by atoms with Gasteiger partial charge < -0.3 is 0 Å². The lowest BCUT2D eigenvalue weighted by atomic mass is 10.6. The quantitative estimate of drug-likeness (QED) is 0.479. The number of carbonyl (C=O) groups excluding carboxylic acids is 1. The molecule has 0 heterocycles. The SMILES string of the molecule is CCC[Si](C)(CCC)CC(=O)Cl. The molecule has 0 saturated heterocycles. The summed E-state index contributed by atoms with van der Waals surface area (Å²) >= 11 is 5.43. The van der Waals surface area contributed by atoms with E-state index in [2.05, 4.69) is 20.4 Å². The molecule has 0 saturated carbocycles. The van der Waals surface area contributed by atoms with E-state index in [1.165, 1.54) is 24.9 Å². The fourth-order valence-electron chi connectivity index (χ4n) is 1.84. The summed E-state index contributed by atoms with van der Waals surface area (Å²) in [6, 6.07) is 3.13. The largest absolute Gasteiger partial charge is 0.282 e. The van der Waals surface area contributed by atoms with E-state index in [-0.39, 0.29) is 5.24 Å². The molecule has 0 fully saturated rings. The second-order valence-corrected chi connectivity index (χ2v) is 9.24. The van der Waals surface area contributed by atoms with Crippen LogP contribution in [0.4, 0.5) is 0 Å². The van der Waals surface area contributed by atoms with Crippen LogP contribution >= 0.6 is 11.6 Å². The summed E-state index contributed by atoms with van der Waals surface area (Å²) in [5, 5.41) is -0.133. The van der Waals surface area contributed by atoms with Crippen molar-refractivity contribution in [3.8, 4) is 0 Å². The predicted molar refractivity (Wildman–Crippen MR) is 57.5 cm³/mol. The van der Waals surface area contributed by atoms with Crippen molar-refractivity contribution in [3.63, 3.8) is 0 Å². The number of halogens is 1. The standard InChI is InChI=1S/C9H19ClOSi/c1-4-6-12(3,7-5-2)8-9(10)11/h4-8H2,1-3H3. The fourth-order valence-corrected chi connectivity index (χ4v) is 6.50. The van der Waals surface area contributed by atoms with Gasteiger partial charge in [0.1, 0.15) is 0 Å². The summed E-state index contributed by atoms with van der Waals surface area (Å²) < 4.78 is 0. The van der Waals surface area contributed by atoms with Crippen molar-refractivity contribution in [1.29, 1.82) is 0 Å². The average molecular weight is 207 g/mol. The molecule has 0 aliphatic carbocycles. The third-order valence-electron chi connectivity index (χ3n) is 2.27. The van der Waals surface area contributed by atoms with Crippen LogP contribution in [0.15, 0.2) is 0 Å². The van der Waals surface area contributed by atoms with Crippen LogP contribution in [0.3, 0.4) is 0 Å². The molecule has 1 nitrogen and oxygen atoms in total. The average Bonchev–Trinajstić information content (AvgIpc) is 1.85. The maximum Gasteiger partial charge on any atom is 0.218 e. The van der Waals surface area contributed by atoms with Gasteiger partial charge in [0.25, 0.3) is 0 Å². The number of carbonyl (C=O) groups is 1. The van der Waals surface area contributed by atoms with Crippen LogP contribution in [0.2, 0.25) is 24.7 Å². The summed E-state index contributed by atoms with van der Waals surface area (Å²) in [5.74, 6) is 0. The Kier molecular flexibility index (Phi) is 5.84. The van der Waals surface area contributed by atoms with Crippen LogP contribution in [0.25, 0.3) is 0 Å². The Morgan fingerprint density at radius 3 is 1.92 bits per heavy atom. The highest BCUT2D eigenvalue weighted by molar-refractivity contribution is 6.86. The van der Waals surface area contributed by atoms with E-state index < -0.39 is 8.07 Å². The van der Waals surface area contributed by atoms with Crippen molar-refractivity contribution in [2.45, 2.75) is 51.4 Å². The molecule has 0 bridgehead atoms. The normalized spacial score (nSPS) is 11.7. The molecular formula is C9H19ClOSi. The molecule has 0 unspecified atom stereocenters. The van der Waals surface area contributed by atoms with Gasteiger partial charge in [-0.3, -0.25) is 4.79 Å². The molecule has 72 valence electrons. The molecule has 0 spiro atoms. The molecule has 0 N–H and O–H groups in total. The van der Waals surface area contributed by atoms with Gasteiger partial charge in [-0.2, -0.15) is 0 Å². The molecule has 0 aliphatic heterocycles. The van der Waals surface area contributed by atoms with Crippen molar-refractivity contribution in [2.24, 2.45) is 0 Å². The third-order valence-corrected chi connectivity index (χ3v) is 7.22. The van der Waals surface area contributed by atoms with Crippen LogP contribution in [0, 0.1) is 0 Å². The Labute approximate surface area is 81.5 Å². The summed E-state index contributed by atoms with van der Waals surface area (Å²) in [5.41, 5.74) is 0.